The van der Waals surface area contributed by atoms with Gasteiger partial charge in [0.1, 0.15) is 0 Å². The number of thioether (sulfide) groups is 1. The number of rotatable bonds is 5. The van der Waals surface area contributed by atoms with Gasteiger partial charge in [0.25, 0.3) is 0 Å². The molecule has 1 radical (unpaired) electrons. The summed E-state index contributed by atoms with van der Waals surface area (Å²) >= 11 is 1.90. The Morgan fingerprint density at radius 2 is 2.36 bits per heavy atom. The maximum absolute atomic E-state index is 4.00. The highest BCUT2D eigenvalue weighted by Crippen LogP contribution is 2.20. The summed E-state index contributed by atoms with van der Waals surface area (Å²) in [4.78, 5) is 1.31. The number of hydrogen-bond donors (Lipinski definition) is 0. The van der Waals surface area contributed by atoms with Crippen molar-refractivity contribution in [2.45, 2.75) is 26.2 Å². The first-order valence-corrected chi connectivity index (χ1v) is 5.11. The van der Waals surface area contributed by atoms with Crippen LogP contribution in [0.25, 0.3) is 0 Å². The van der Waals surface area contributed by atoms with Crippen LogP contribution >= 0.6 is 11.8 Å². The van der Waals surface area contributed by atoms with Gasteiger partial charge in [-0.2, -0.15) is 0 Å². The molecule has 0 unspecified atom stereocenters. The Morgan fingerprint density at radius 3 is 3.00 bits per heavy atom. The molecule has 1 aliphatic heterocycles. The molecule has 0 amide bonds. The lowest BCUT2D eigenvalue weighted by molar-refractivity contribution is 0.779. The fraction of sp³-hybridized carbons (Fsp3) is 0.556. The largest absolute Gasteiger partial charge is 0.264 e. The Balaban J connectivity index is 1.99. The molecule has 0 fully saturated rings. The molecular weight excluding hydrogens is 154 g/mol. The molecule has 0 saturated carbocycles. The van der Waals surface area contributed by atoms with Crippen molar-refractivity contribution in [2.75, 3.05) is 5.75 Å². The molecule has 0 N–H and O–H groups in total. The van der Waals surface area contributed by atoms with Gasteiger partial charge in [-0.15, -0.1) is 11.8 Å². The quantitative estimate of drug-likeness (QED) is 0.576. The predicted octanol–water partition coefficient (Wildman–Crippen LogP) is 2.88. The van der Waals surface area contributed by atoms with Gasteiger partial charge in [-0.25, -0.2) is 0 Å². The highest BCUT2D eigenvalue weighted by molar-refractivity contribution is 8.03. The van der Waals surface area contributed by atoms with E-state index in [2.05, 4.69) is 18.3 Å². The second-order valence-corrected chi connectivity index (χ2v) is 3.72. The van der Waals surface area contributed by atoms with Crippen molar-refractivity contribution in [3.8, 4) is 0 Å². The van der Waals surface area contributed by atoms with Crippen LogP contribution in [-0.4, -0.2) is 5.75 Å². The first-order valence-electron chi connectivity index (χ1n) is 4.13. The molecule has 0 atom stereocenters. The van der Waals surface area contributed by atoms with Gasteiger partial charge in [-0.1, -0.05) is 19.8 Å². The third kappa shape index (κ3) is 3.51. The van der Waals surface area contributed by atoms with E-state index in [-0.39, 0.29) is 0 Å². The standard InChI is InChI=1S/C9H14NS/c1-2-3-4-7-11-9-5-6-10-8-9/h5-6,8H,2-4,7H2,1H3. The average molecular weight is 168 g/mol. The van der Waals surface area contributed by atoms with E-state index in [0.717, 1.165) is 0 Å². The molecule has 0 aromatic rings. The van der Waals surface area contributed by atoms with Crippen LogP contribution in [0.2, 0.25) is 0 Å². The molecule has 0 aromatic carbocycles. The molecule has 61 valence electrons. The van der Waals surface area contributed by atoms with Crippen LogP contribution in [0.4, 0.5) is 0 Å². The van der Waals surface area contributed by atoms with Crippen LogP contribution in [-0.2, 0) is 0 Å². The molecule has 1 nitrogen and oxygen atoms in total. The van der Waals surface area contributed by atoms with E-state index in [9.17, 15) is 0 Å². The van der Waals surface area contributed by atoms with E-state index in [4.69, 9.17) is 0 Å². The van der Waals surface area contributed by atoms with Crippen molar-refractivity contribution >= 4 is 11.8 Å². The number of hydrogen-bond acceptors (Lipinski definition) is 1. The summed E-state index contributed by atoms with van der Waals surface area (Å²) in [5, 5.41) is 4.00. The Kier molecular flexibility index (Phi) is 4.21. The zero-order valence-electron chi connectivity index (χ0n) is 6.92. The van der Waals surface area contributed by atoms with E-state index in [1.165, 1.54) is 29.9 Å². The van der Waals surface area contributed by atoms with E-state index in [0.29, 0.717) is 0 Å². The topological polar surface area (TPSA) is 14.1 Å². The minimum atomic E-state index is 1.24. The van der Waals surface area contributed by atoms with Gasteiger partial charge in [0.05, 0.1) is 0 Å². The Bertz CT molecular complexity index is 161. The van der Waals surface area contributed by atoms with Crippen LogP contribution < -0.4 is 5.32 Å². The number of unbranched alkanes of at least 4 members (excludes halogenated alkanes) is 2. The van der Waals surface area contributed by atoms with Crippen LogP contribution in [0.1, 0.15) is 26.2 Å². The summed E-state index contributed by atoms with van der Waals surface area (Å²) < 4.78 is 0. The fourth-order valence-corrected chi connectivity index (χ4v) is 1.78. The zero-order valence-corrected chi connectivity index (χ0v) is 7.73. The maximum atomic E-state index is 4.00. The second kappa shape index (κ2) is 5.30. The maximum Gasteiger partial charge on any atom is 0.0404 e. The summed E-state index contributed by atoms with van der Waals surface area (Å²) in [6.45, 7) is 2.23. The van der Waals surface area contributed by atoms with Crippen molar-refractivity contribution in [3.63, 3.8) is 0 Å². The molecule has 1 aliphatic rings. The smallest absolute Gasteiger partial charge is 0.0404 e. The molecule has 0 aliphatic carbocycles. The lowest BCUT2D eigenvalue weighted by Crippen LogP contribution is -1.79. The predicted molar refractivity (Wildman–Crippen MR) is 51.3 cm³/mol. The summed E-state index contributed by atoms with van der Waals surface area (Å²) in [6.07, 6.45) is 9.82. The average Bonchev–Trinajstić information content (AvgIpc) is 2.50. The summed E-state index contributed by atoms with van der Waals surface area (Å²) in [7, 11) is 0. The third-order valence-electron chi connectivity index (χ3n) is 1.54. The van der Waals surface area contributed by atoms with E-state index in [1.807, 2.05) is 24.2 Å². The van der Waals surface area contributed by atoms with E-state index in [1.54, 1.807) is 0 Å². The summed E-state index contributed by atoms with van der Waals surface area (Å²) in [6, 6.07) is 0. The molecule has 0 bridgehead atoms. The first kappa shape index (κ1) is 8.72. The van der Waals surface area contributed by atoms with Gasteiger partial charge in [-0.05, 0) is 18.2 Å². The second-order valence-electron chi connectivity index (χ2n) is 2.55. The van der Waals surface area contributed by atoms with Crippen molar-refractivity contribution in [2.24, 2.45) is 0 Å². The minimum absolute atomic E-state index is 1.24. The van der Waals surface area contributed by atoms with E-state index >= 15 is 0 Å². The highest BCUT2D eigenvalue weighted by atomic mass is 32.2. The minimum Gasteiger partial charge on any atom is -0.264 e. The van der Waals surface area contributed by atoms with Gasteiger partial charge in [0.2, 0.25) is 0 Å². The Hall–Kier alpha value is -0.370. The fourth-order valence-electron chi connectivity index (χ4n) is 0.903. The van der Waals surface area contributed by atoms with Crippen LogP contribution in [0.3, 0.4) is 0 Å². The SMILES string of the molecule is CCCCCSC1=C[N]C=C1. The Labute approximate surface area is 72.9 Å². The van der Waals surface area contributed by atoms with Crippen molar-refractivity contribution in [1.29, 1.82) is 0 Å². The lowest BCUT2D eigenvalue weighted by atomic mass is 10.3. The van der Waals surface area contributed by atoms with Gasteiger partial charge >= 0.3 is 0 Å². The molecule has 0 spiro atoms. The van der Waals surface area contributed by atoms with Gasteiger partial charge < -0.3 is 0 Å². The molecule has 11 heavy (non-hydrogen) atoms. The van der Waals surface area contributed by atoms with Gasteiger partial charge in [0.15, 0.2) is 0 Å². The van der Waals surface area contributed by atoms with E-state index < -0.39 is 0 Å². The van der Waals surface area contributed by atoms with Crippen molar-refractivity contribution < 1.29 is 0 Å². The summed E-state index contributed by atoms with van der Waals surface area (Å²) in [5.74, 6) is 1.24. The molecular formula is C9H14NS. The monoisotopic (exact) mass is 168 g/mol. The Morgan fingerprint density at radius 1 is 1.45 bits per heavy atom. The normalized spacial score (nSPS) is 14.8. The summed E-state index contributed by atoms with van der Waals surface area (Å²) in [5.41, 5.74) is 0. The third-order valence-corrected chi connectivity index (χ3v) is 2.61. The number of nitrogens with zero attached hydrogens (tertiary/aromatic N) is 1. The molecule has 2 heteroatoms. The van der Waals surface area contributed by atoms with Gasteiger partial charge in [0, 0.05) is 17.3 Å². The molecule has 0 aromatic heterocycles. The van der Waals surface area contributed by atoms with Crippen molar-refractivity contribution in [3.05, 3.63) is 23.4 Å². The van der Waals surface area contributed by atoms with Crippen LogP contribution in [0.5, 0.6) is 0 Å². The zero-order chi connectivity index (χ0) is 7.94. The van der Waals surface area contributed by atoms with Crippen LogP contribution in [0, 0.1) is 0 Å². The first-order chi connectivity index (χ1) is 5.43. The van der Waals surface area contributed by atoms with Gasteiger partial charge in [-0.3, -0.25) is 5.32 Å². The molecule has 1 heterocycles. The van der Waals surface area contributed by atoms with Crippen LogP contribution in [0.15, 0.2) is 23.4 Å². The highest BCUT2D eigenvalue weighted by Gasteiger charge is 1.97. The molecule has 0 saturated heterocycles. The lowest BCUT2D eigenvalue weighted by Gasteiger charge is -1.97. The van der Waals surface area contributed by atoms with Crippen molar-refractivity contribution in [1.82, 2.24) is 5.32 Å². The number of allylic oxidation sites excluding steroid dienone is 1. The molecule has 1 rings (SSSR count).